The van der Waals surface area contributed by atoms with Crippen molar-refractivity contribution in [1.29, 1.82) is 0 Å². The molecule has 1 aliphatic heterocycles. The van der Waals surface area contributed by atoms with Crippen LogP contribution in [0.1, 0.15) is 35.3 Å². The van der Waals surface area contributed by atoms with E-state index in [1.807, 2.05) is 30.0 Å². The monoisotopic (exact) mass is 460 g/mol. The van der Waals surface area contributed by atoms with E-state index in [4.69, 9.17) is 4.74 Å². The van der Waals surface area contributed by atoms with E-state index in [2.05, 4.69) is 11.8 Å². The molecule has 1 heterocycles. The van der Waals surface area contributed by atoms with Gasteiger partial charge < -0.3 is 9.64 Å². The standard InChI is InChI=1S/C28H29FN2O3/c1-20-17-31(21(2)16-30(20)18-22-8-12-25(29)13-9-22)27(32)19-34-26-14-10-24(11-15-26)28(33)23-6-4-3-5-7-23/h3-15,20-21H,16-19H2,1-2H3/t20-,21+/m0/s1. The van der Waals surface area contributed by atoms with Crippen molar-refractivity contribution in [2.45, 2.75) is 32.5 Å². The summed E-state index contributed by atoms with van der Waals surface area (Å²) in [6.07, 6.45) is 0. The second kappa shape index (κ2) is 10.6. The van der Waals surface area contributed by atoms with Gasteiger partial charge in [-0.05, 0) is 55.8 Å². The minimum absolute atomic E-state index is 0.0404. The Kier molecular flexibility index (Phi) is 7.38. The molecule has 3 aromatic rings. The fourth-order valence-electron chi connectivity index (χ4n) is 4.28. The second-order valence-corrected chi connectivity index (χ2v) is 8.81. The largest absolute Gasteiger partial charge is 0.484 e. The molecule has 0 saturated carbocycles. The number of ketones is 1. The first-order valence-electron chi connectivity index (χ1n) is 11.5. The third-order valence-corrected chi connectivity index (χ3v) is 6.25. The minimum atomic E-state index is -0.238. The number of halogens is 1. The summed E-state index contributed by atoms with van der Waals surface area (Å²) in [6.45, 7) is 6.14. The quantitative estimate of drug-likeness (QED) is 0.485. The fraction of sp³-hybridized carbons (Fsp3) is 0.286. The van der Waals surface area contributed by atoms with Gasteiger partial charge in [-0.2, -0.15) is 0 Å². The summed E-state index contributed by atoms with van der Waals surface area (Å²) in [7, 11) is 0. The van der Waals surface area contributed by atoms with Crippen LogP contribution in [-0.4, -0.2) is 53.3 Å². The molecular formula is C28H29FN2O3. The van der Waals surface area contributed by atoms with Crippen molar-refractivity contribution in [3.8, 4) is 5.75 Å². The molecule has 0 radical (unpaired) electrons. The molecule has 1 amide bonds. The molecule has 0 unspecified atom stereocenters. The van der Waals surface area contributed by atoms with Gasteiger partial charge in [-0.15, -0.1) is 0 Å². The SMILES string of the molecule is C[C@@H]1CN(Cc2ccc(F)cc2)[C@@H](C)CN1C(=O)COc1ccc(C(=O)c2ccccc2)cc1. The number of rotatable bonds is 7. The van der Waals surface area contributed by atoms with Gasteiger partial charge in [-0.25, -0.2) is 4.39 Å². The Bertz CT molecular complexity index is 1120. The Morgan fingerprint density at radius 3 is 2.18 bits per heavy atom. The summed E-state index contributed by atoms with van der Waals surface area (Å²) < 4.78 is 18.9. The van der Waals surface area contributed by atoms with Crippen molar-refractivity contribution in [2.24, 2.45) is 0 Å². The summed E-state index contributed by atoms with van der Waals surface area (Å²) in [5.41, 5.74) is 2.26. The zero-order valence-electron chi connectivity index (χ0n) is 19.5. The van der Waals surface area contributed by atoms with E-state index < -0.39 is 0 Å². The average molecular weight is 461 g/mol. The molecule has 3 aromatic carbocycles. The normalized spacial score (nSPS) is 18.5. The Hall–Kier alpha value is -3.51. The lowest BCUT2D eigenvalue weighted by Gasteiger charge is -2.44. The predicted octanol–water partition coefficient (Wildman–Crippen LogP) is 4.56. The van der Waals surface area contributed by atoms with Crippen LogP contribution in [0.2, 0.25) is 0 Å². The smallest absolute Gasteiger partial charge is 0.260 e. The summed E-state index contributed by atoms with van der Waals surface area (Å²) in [4.78, 5) is 29.6. The maximum absolute atomic E-state index is 13.2. The molecule has 1 aliphatic rings. The number of carbonyl (C=O) groups is 2. The highest BCUT2D eigenvalue weighted by Gasteiger charge is 2.32. The number of benzene rings is 3. The van der Waals surface area contributed by atoms with Crippen molar-refractivity contribution in [3.63, 3.8) is 0 Å². The number of ether oxygens (including phenoxy) is 1. The van der Waals surface area contributed by atoms with E-state index in [9.17, 15) is 14.0 Å². The molecule has 34 heavy (non-hydrogen) atoms. The Morgan fingerprint density at radius 1 is 0.853 bits per heavy atom. The van der Waals surface area contributed by atoms with Crippen LogP contribution in [0.5, 0.6) is 5.75 Å². The number of piperazine rings is 1. The molecule has 5 nitrogen and oxygen atoms in total. The number of amides is 1. The fourth-order valence-corrected chi connectivity index (χ4v) is 4.28. The summed E-state index contributed by atoms with van der Waals surface area (Å²) in [5.74, 6) is 0.196. The zero-order valence-corrected chi connectivity index (χ0v) is 19.5. The van der Waals surface area contributed by atoms with Gasteiger partial charge in [-0.1, -0.05) is 42.5 Å². The number of hydrogen-bond donors (Lipinski definition) is 0. The van der Waals surface area contributed by atoms with Crippen LogP contribution < -0.4 is 4.74 Å². The number of carbonyl (C=O) groups excluding carboxylic acids is 2. The molecule has 0 aromatic heterocycles. The molecule has 2 atom stereocenters. The van der Waals surface area contributed by atoms with Gasteiger partial charge in [0.05, 0.1) is 0 Å². The van der Waals surface area contributed by atoms with Crippen molar-refractivity contribution >= 4 is 11.7 Å². The maximum Gasteiger partial charge on any atom is 0.260 e. The molecule has 0 aliphatic carbocycles. The first-order valence-corrected chi connectivity index (χ1v) is 11.5. The van der Waals surface area contributed by atoms with Crippen LogP contribution in [0.3, 0.4) is 0 Å². The van der Waals surface area contributed by atoms with Gasteiger partial charge in [0.15, 0.2) is 12.4 Å². The molecule has 0 N–H and O–H groups in total. The molecule has 4 rings (SSSR count). The molecule has 0 spiro atoms. The van der Waals surface area contributed by atoms with E-state index in [1.165, 1.54) is 12.1 Å². The van der Waals surface area contributed by atoms with E-state index >= 15 is 0 Å². The van der Waals surface area contributed by atoms with Crippen LogP contribution in [0.25, 0.3) is 0 Å². The minimum Gasteiger partial charge on any atom is -0.484 e. The molecule has 1 saturated heterocycles. The third-order valence-electron chi connectivity index (χ3n) is 6.25. The lowest BCUT2D eigenvalue weighted by molar-refractivity contribution is -0.139. The highest BCUT2D eigenvalue weighted by Crippen LogP contribution is 2.20. The summed E-state index contributed by atoms with van der Waals surface area (Å²) in [5, 5.41) is 0. The van der Waals surface area contributed by atoms with Gasteiger partial charge in [0, 0.05) is 42.8 Å². The van der Waals surface area contributed by atoms with Crippen molar-refractivity contribution in [2.75, 3.05) is 19.7 Å². The van der Waals surface area contributed by atoms with Crippen LogP contribution in [0, 0.1) is 5.82 Å². The first kappa shape index (κ1) is 23.6. The second-order valence-electron chi connectivity index (χ2n) is 8.81. The van der Waals surface area contributed by atoms with E-state index in [0.29, 0.717) is 23.4 Å². The highest BCUT2D eigenvalue weighted by atomic mass is 19.1. The Balaban J connectivity index is 1.30. The van der Waals surface area contributed by atoms with Gasteiger partial charge in [0.2, 0.25) is 0 Å². The van der Waals surface area contributed by atoms with Gasteiger partial charge >= 0.3 is 0 Å². The van der Waals surface area contributed by atoms with E-state index in [-0.39, 0.29) is 36.2 Å². The Labute approximate surface area is 199 Å². The van der Waals surface area contributed by atoms with Crippen molar-refractivity contribution < 1.29 is 18.7 Å². The van der Waals surface area contributed by atoms with Crippen molar-refractivity contribution in [1.82, 2.24) is 9.80 Å². The topological polar surface area (TPSA) is 49.9 Å². The van der Waals surface area contributed by atoms with Gasteiger partial charge in [0.25, 0.3) is 5.91 Å². The first-order chi connectivity index (χ1) is 16.4. The summed E-state index contributed by atoms with van der Waals surface area (Å²) in [6, 6.07) is 22.8. The van der Waals surface area contributed by atoms with E-state index in [1.54, 1.807) is 48.5 Å². The van der Waals surface area contributed by atoms with Crippen LogP contribution in [-0.2, 0) is 11.3 Å². The zero-order chi connectivity index (χ0) is 24.1. The summed E-state index contributed by atoms with van der Waals surface area (Å²) >= 11 is 0. The lowest BCUT2D eigenvalue weighted by Crippen LogP contribution is -2.58. The Morgan fingerprint density at radius 2 is 1.50 bits per heavy atom. The third kappa shape index (κ3) is 5.69. The lowest BCUT2D eigenvalue weighted by atomic mass is 10.0. The molecule has 0 bridgehead atoms. The molecular weight excluding hydrogens is 431 g/mol. The van der Waals surface area contributed by atoms with Gasteiger partial charge in [0.1, 0.15) is 11.6 Å². The molecule has 6 heteroatoms. The van der Waals surface area contributed by atoms with Crippen LogP contribution in [0.15, 0.2) is 78.9 Å². The number of nitrogens with zero attached hydrogens (tertiary/aromatic N) is 2. The highest BCUT2D eigenvalue weighted by molar-refractivity contribution is 6.08. The van der Waals surface area contributed by atoms with Gasteiger partial charge in [-0.3, -0.25) is 14.5 Å². The number of hydrogen-bond acceptors (Lipinski definition) is 4. The van der Waals surface area contributed by atoms with E-state index in [0.717, 1.165) is 18.7 Å². The van der Waals surface area contributed by atoms with Crippen LogP contribution >= 0.6 is 0 Å². The maximum atomic E-state index is 13.2. The molecule has 1 fully saturated rings. The average Bonchev–Trinajstić information content (AvgIpc) is 2.86. The van der Waals surface area contributed by atoms with Crippen LogP contribution in [0.4, 0.5) is 4.39 Å². The van der Waals surface area contributed by atoms with Crippen molar-refractivity contribution in [3.05, 3.63) is 101 Å². The molecule has 176 valence electrons. The predicted molar refractivity (Wildman–Crippen MR) is 129 cm³/mol.